The summed E-state index contributed by atoms with van der Waals surface area (Å²) in [5.74, 6) is 1.77. The van der Waals surface area contributed by atoms with Crippen LogP contribution in [-0.4, -0.2) is 51.3 Å². The maximum absolute atomic E-state index is 5.69. The Kier molecular flexibility index (Phi) is 7.40. The lowest BCUT2D eigenvalue weighted by Gasteiger charge is -2.22. The van der Waals surface area contributed by atoms with Gasteiger partial charge in [0.05, 0.1) is 6.61 Å². The second-order valence-corrected chi connectivity index (χ2v) is 6.33. The first kappa shape index (κ1) is 17.8. The second-order valence-electron chi connectivity index (χ2n) is 6.33. The summed E-state index contributed by atoms with van der Waals surface area (Å²) in [7, 11) is 3.89. The molecule has 4 heteroatoms. The third-order valence-corrected chi connectivity index (χ3v) is 4.32. The molecule has 0 heterocycles. The van der Waals surface area contributed by atoms with Gasteiger partial charge in [-0.3, -0.25) is 4.99 Å². The van der Waals surface area contributed by atoms with Crippen LogP contribution >= 0.6 is 0 Å². The van der Waals surface area contributed by atoms with E-state index in [1.54, 1.807) is 0 Å². The number of aryl methyl sites for hydroxylation is 1. The lowest BCUT2D eigenvalue weighted by atomic mass is 10.1. The number of aliphatic imine (C=N–C) groups is 1. The Morgan fingerprint density at radius 2 is 1.96 bits per heavy atom. The highest BCUT2D eigenvalue weighted by Gasteiger charge is 2.21. The van der Waals surface area contributed by atoms with Crippen molar-refractivity contribution < 1.29 is 4.74 Å². The zero-order valence-corrected chi connectivity index (χ0v) is 14.8. The van der Waals surface area contributed by atoms with Crippen molar-refractivity contribution >= 4 is 5.96 Å². The van der Waals surface area contributed by atoms with Crippen LogP contribution in [0, 0.1) is 5.92 Å². The Balaban J connectivity index is 1.64. The van der Waals surface area contributed by atoms with Crippen LogP contribution in [0.3, 0.4) is 0 Å². The number of ether oxygens (including phenoxy) is 1. The molecule has 128 valence electrons. The number of nitrogens with one attached hydrogen (secondary N) is 1. The standard InChI is InChI=1S/C19H31N3O/c1-4-16-5-7-17(8-6-16)11-12-21-19(20-2)22(3)13-14-23-15-18-9-10-18/h5-8,18H,4,9-15H2,1-3H3,(H,20,21). The molecule has 2 rings (SSSR count). The summed E-state index contributed by atoms with van der Waals surface area (Å²) in [5, 5.41) is 3.43. The maximum Gasteiger partial charge on any atom is 0.193 e. The molecule has 1 aromatic rings. The Morgan fingerprint density at radius 1 is 1.26 bits per heavy atom. The average Bonchev–Trinajstić information content (AvgIpc) is 3.40. The van der Waals surface area contributed by atoms with Crippen molar-refractivity contribution in [2.24, 2.45) is 10.9 Å². The summed E-state index contributed by atoms with van der Waals surface area (Å²) in [4.78, 5) is 6.48. The van der Waals surface area contributed by atoms with Gasteiger partial charge in [-0.05, 0) is 42.7 Å². The van der Waals surface area contributed by atoms with E-state index in [1.807, 2.05) is 7.05 Å². The highest BCUT2D eigenvalue weighted by Crippen LogP contribution is 2.28. The average molecular weight is 317 g/mol. The van der Waals surface area contributed by atoms with E-state index in [-0.39, 0.29) is 0 Å². The molecule has 0 amide bonds. The van der Waals surface area contributed by atoms with Gasteiger partial charge in [-0.2, -0.15) is 0 Å². The molecular weight excluding hydrogens is 286 g/mol. The van der Waals surface area contributed by atoms with Gasteiger partial charge in [-0.15, -0.1) is 0 Å². The van der Waals surface area contributed by atoms with Crippen molar-refractivity contribution in [1.29, 1.82) is 0 Å². The molecule has 0 atom stereocenters. The summed E-state index contributed by atoms with van der Waals surface area (Å²) < 4.78 is 5.69. The zero-order valence-electron chi connectivity index (χ0n) is 14.8. The molecule has 1 aliphatic carbocycles. The normalized spacial score (nSPS) is 14.8. The molecule has 0 bridgehead atoms. The topological polar surface area (TPSA) is 36.9 Å². The van der Waals surface area contributed by atoms with Gasteiger partial charge in [0.1, 0.15) is 0 Å². The number of benzene rings is 1. The minimum Gasteiger partial charge on any atom is -0.379 e. The molecule has 1 N–H and O–H groups in total. The summed E-state index contributed by atoms with van der Waals surface area (Å²) in [6.07, 6.45) is 4.80. The number of nitrogens with zero attached hydrogens (tertiary/aromatic N) is 2. The molecular formula is C19H31N3O. The molecule has 1 aliphatic rings. The molecule has 0 saturated heterocycles. The number of likely N-dealkylation sites (N-methyl/N-ethyl adjacent to an activating group) is 1. The van der Waals surface area contributed by atoms with Crippen molar-refractivity contribution in [2.45, 2.75) is 32.6 Å². The fourth-order valence-electron chi connectivity index (χ4n) is 2.49. The van der Waals surface area contributed by atoms with Gasteiger partial charge in [0.2, 0.25) is 0 Å². The molecule has 0 radical (unpaired) electrons. The van der Waals surface area contributed by atoms with Crippen LogP contribution in [0.4, 0.5) is 0 Å². The quantitative estimate of drug-likeness (QED) is 0.432. The predicted molar refractivity (Wildman–Crippen MR) is 97.1 cm³/mol. The summed E-state index contributed by atoms with van der Waals surface area (Å²) >= 11 is 0. The molecule has 1 saturated carbocycles. The lowest BCUT2D eigenvalue weighted by molar-refractivity contribution is 0.115. The molecule has 1 fully saturated rings. The van der Waals surface area contributed by atoms with E-state index >= 15 is 0 Å². The smallest absolute Gasteiger partial charge is 0.193 e. The number of hydrogen-bond acceptors (Lipinski definition) is 2. The maximum atomic E-state index is 5.69. The van der Waals surface area contributed by atoms with Crippen LogP contribution in [0.2, 0.25) is 0 Å². The minimum atomic E-state index is 0.770. The zero-order chi connectivity index (χ0) is 16.5. The molecule has 0 spiro atoms. The SMILES string of the molecule is CCc1ccc(CCNC(=NC)N(C)CCOCC2CC2)cc1. The number of guanidine groups is 1. The van der Waals surface area contributed by atoms with E-state index in [2.05, 4.69) is 53.4 Å². The van der Waals surface area contributed by atoms with Crippen molar-refractivity contribution in [3.8, 4) is 0 Å². The van der Waals surface area contributed by atoms with Gasteiger partial charge < -0.3 is 15.0 Å². The van der Waals surface area contributed by atoms with Crippen LogP contribution in [0.1, 0.15) is 30.9 Å². The van der Waals surface area contributed by atoms with E-state index < -0.39 is 0 Å². The molecule has 4 nitrogen and oxygen atoms in total. The lowest BCUT2D eigenvalue weighted by Crippen LogP contribution is -2.41. The Morgan fingerprint density at radius 3 is 2.57 bits per heavy atom. The second kappa shape index (κ2) is 9.56. The Labute approximate surface area is 140 Å². The van der Waals surface area contributed by atoms with Gasteiger partial charge in [0, 0.05) is 33.8 Å². The Hall–Kier alpha value is -1.55. The molecule has 1 aromatic carbocycles. The van der Waals surface area contributed by atoms with Crippen LogP contribution < -0.4 is 5.32 Å². The first-order valence-corrected chi connectivity index (χ1v) is 8.80. The van der Waals surface area contributed by atoms with E-state index in [4.69, 9.17) is 4.74 Å². The van der Waals surface area contributed by atoms with E-state index in [0.29, 0.717) is 0 Å². The van der Waals surface area contributed by atoms with Crippen LogP contribution in [0.15, 0.2) is 29.3 Å². The summed E-state index contributed by atoms with van der Waals surface area (Å²) in [5.41, 5.74) is 2.75. The molecule has 0 aromatic heterocycles. The minimum absolute atomic E-state index is 0.770. The van der Waals surface area contributed by atoms with Crippen molar-refractivity contribution in [2.75, 3.05) is 40.4 Å². The first-order valence-electron chi connectivity index (χ1n) is 8.80. The van der Waals surface area contributed by atoms with Crippen molar-refractivity contribution in [3.63, 3.8) is 0 Å². The molecule has 0 aliphatic heterocycles. The van der Waals surface area contributed by atoms with E-state index in [0.717, 1.165) is 51.0 Å². The summed E-state index contributed by atoms with van der Waals surface area (Å²) in [6, 6.07) is 8.87. The van der Waals surface area contributed by atoms with Crippen molar-refractivity contribution in [3.05, 3.63) is 35.4 Å². The molecule has 0 unspecified atom stereocenters. The van der Waals surface area contributed by atoms with Gasteiger partial charge >= 0.3 is 0 Å². The van der Waals surface area contributed by atoms with Crippen LogP contribution in [-0.2, 0) is 17.6 Å². The third-order valence-electron chi connectivity index (χ3n) is 4.32. The van der Waals surface area contributed by atoms with E-state index in [9.17, 15) is 0 Å². The van der Waals surface area contributed by atoms with Gasteiger partial charge in [0.15, 0.2) is 5.96 Å². The van der Waals surface area contributed by atoms with E-state index in [1.165, 1.54) is 24.0 Å². The highest BCUT2D eigenvalue weighted by atomic mass is 16.5. The monoisotopic (exact) mass is 317 g/mol. The number of hydrogen-bond donors (Lipinski definition) is 1. The van der Waals surface area contributed by atoms with Crippen molar-refractivity contribution in [1.82, 2.24) is 10.2 Å². The van der Waals surface area contributed by atoms with Gasteiger partial charge in [-0.25, -0.2) is 0 Å². The van der Waals surface area contributed by atoms with Gasteiger partial charge in [0.25, 0.3) is 0 Å². The Bertz CT molecular complexity index is 480. The fourth-order valence-corrected chi connectivity index (χ4v) is 2.49. The van der Waals surface area contributed by atoms with Crippen LogP contribution in [0.5, 0.6) is 0 Å². The van der Waals surface area contributed by atoms with Crippen LogP contribution in [0.25, 0.3) is 0 Å². The fraction of sp³-hybridized carbons (Fsp3) is 0.632. The predicted octanol–water partition coefficient (Wildman–Crippen LogP) is 2.73. The van der Waals surface area contributed by atoms with Gasteiger partial charge in [-0.1, -0.05) is 31.2 Å². The highest BCUT2D eigenvalue weighted by molar-refractivity contribution is 5.79. The largest absolute Gasteiger partial charge is 0.379 e. The number of rotatable bonds is 9. The first-order chi connectivity index (χ1) is 11.2. The third kappa shape index (κ3) is 6.61. The summed E-state index contributed by atoms with van der Waals surface area (Å²) in [6.45, 7) is 5.65. The molecule has 23 heavy (non-hydrogen) atoms.